The van der Waals surface area contributed by atoms with Crippen LogP contribution in [-0.2, 0) is 13.2 Å². The number of hydrogen-bond donors (Lipinski definition) is 1. The molecule has 0 unspecified atom stereocenters. The van der Waals surface area contributed by atoms with Crippen LogP contribution in [0.4, 0.5) is 0 Å². The number of nitrogens with one attached hydrogen (secondary N) is 1. The number of nitrogens with zero attached hydrogens (tertiary/aromatic N) is 1. The highest BCUT2D eigenvalue weighted by Crippen LogP contribution is 2.28. The van der Waals surface area contributed by atoms with Gasteiger partial charge >= 0.3 is 0 Å². The van der Waals surface area contributed by atoms with E-state index >= 15 is 0 Å². The number of hydrogen-bond acceptors (Lipinski definition) is 5. The maximum Gasteiger partial charge on any atom is 0.275 e. The summed E-state index contributed by atoms with van der Waals surface area (Å²) in [6.07, 6.45) is 1.53. The second-order valence-corrected chi connectivity index (χ2v) is 8.81. The Morgan fingerprint density at radius 2 is 1.38 bits per heavy atom. The number of benzene rings is 4. The summed E-state index contributed by atoms with van der Waals surface area (Å²) in [6.45, 7) is 0.674. The van der Waals surface area contributed by atoms with E-state index in [1.165, 1.54) is 6.21 Å². The van der Waals surface area contributed by atoms with Gasteiger partial charge in [0.15, 0.2) is 11.5 Å². The Morgan fingerprint density at radius 1 is 0.784 bits per heavy atom. The SMILES string of the molecule is COc1cc(/C=N/NC(=O)c2ccccc2OCc2ccc(Cl)cc2)ccc1OCc1ccc(Cl)cc1. The summed E-state index contributed by atoms with van der Waals surface area (Å²) >= 11 is 11.9. The van der Waals surface area contributed by atoms with E-state index < -0.39 is 5.91 Å². The van der Waals surface area contributed by atoms with E-state index in [0.717, 1.165) is 16.7 Å². The van der Waals surface area contributed by atoms with Gasteiger partial charge in [0.05, 0.1) is 18.9 Å². The number of ether oxygens (including phenoxy) is 3. The lowest BCUT2D eigenvalue weighted by atomic mass is 10.2. The minimum Gasteiger partial charge on any atom is -0.493 e. The minimum atomic E-state index is -0.391. The molecule has 0 radical (unpaired) electrons. The van der Waals surface area contributed by atoms with Gasteiger partial charge in [-0.2, -0.15) is 5.10 Å². The largest absolute Gasteiger partial charge is 0.493 e. The summed E-state index contributed by atoms with van der Waals surface area (Å²) in [5.74, 6) is 1.20. The summed E-state index contributed by atoms with van der Waals surface area (Å²) < 4.78 is 17.2. The van der Waals surface area contributed by atoms with Crippen molar-refractivity contribution in [1.29, 1.82) is 0 Å². The Labute approximate surface area is 225 Å². The third-order valence-electron chi connectivity index (χ3n) is 5.31. The van der Waals surface area contributed by atoms with E-state index in [-0.39, 0.29) is 0 Å². The van der Waals surface area contributed by atoms with Gasteiger partial charge < -0.3 is 14.2 Å². The molecular formula is C29H24Cl2N2O4. The fraction of sp³-hybridized carbons (Fsp3) is 0.103. The molecule has 0 aliphatic carbocycles. The van der Waals surface area contributed by atoms with Gasteiger partial charge in [-0.25, -0.2) is 5.43 Å². The highest BCUT2D eigenvalue weighted by molar-refractivity contribution is 6.30. The number of amides is 1. The monoisotopic (exact) mass is 534 g/mol. The fourth-order valence-corrected chi connectivity index (χ4v) is 3.62. The molecule has 0 bridgehead atoms. The molecule has 6 nitrogen and oxygen atoms in total. The topological polar surface area (TPSA) is 69.2 Å². The summed E-state index contributed by atoms with van der Waals surface area (Å²) in [4.78, 5) is 12.8. The molecule has 37 heavy (non-hydrogen) atoms. The first-order valence-electron chi connectivity index (χ1n) is 11.4. The predicted molar refractivity (Wildman–Crippen MR) is 146 cm³/mol. The van der Waals surface area contributed by atoms with Crippen molar-refractivity contribution in [3.05, 3.63) is 123 Å². The van der Waals surface area contributed by atoms with Crippen molar-refractivity contribution < 1.29 is 19.0 Å². The summed E-state index contributed by atoms with van der Waals surface area (Å²) in [5, 5.41) is 5.41. The summed E-state index contributed by atoms with van der Waals surface area (Å²) in [6, 6.07) is 27.1. The zero-order chi connectivity index (χ0) is 26.0. The molecule has 4 rings (SSSR count). The van der Waals surface area contributed by atoms with Gasteiger partial charge in [0.2, 0.25) is 0 Å². The first-order chi connectivity index (χ1) is 18.0. The first-order valence-corrected chi connectivity index (χ1v) is 12.1. The molecule has 0 aliphatic rings. The smallest absolute Gasteiger partial charge is 0.275 e. The van der Waals surface area contributed by atoms with Crippen molar-refractivity contribution in [3.8, 4) is 17.2 Å². The van der Waals surface area contributed by atoms with Gasteiger partial charge in [-0.1, -0.05) is 59.6 Å². The van der Waals surface area contributed by atoms with E-state index in [2.05, 4.69) is 10.5 Å². The highest BCUT2D eigenvalue weighted by atomic mass is 35.5. The van der Waals surface area contributed by atoms with Crippen LogP contribution in [0.15, 0.2) is 96.1 Å². The van der Waals surface area contributed by atoms with Gasteiger partial charge in [0.1, 0.15) is 19.0 Å². The van der Waals surface area contributed by atoms with E-state index in [9.17, 15) is 4.79 Å². The predicted octanol–water partition coefficient (Wildman–Crippen LogP) is 6.92. The number of methoxy groups -OCH3 is 1. The zero-order valence-corrected chi connectivity index (χ0v) is 21.5. The molecule has 188 valence electrons. The fourth-order valence-electron chi connectivity index (χ4n) is 3.37. The number of hydrazone groups is 1. The van der Waals surface area contributed by atoms with Crippen molar-refractivity contribution in [2.75, 3.05) is 7.11 Å². The Bertz CT molecular complexity index is 1370. The van der Waals surface area contributed by atoms with Gasteiger partial charge in [0.25, 0.3) is 5.91 Å². The third kappa shape index (κ3) is 7.49. The van der Waals surface area contributed by atoms with Crippen LogP contribution in [0.2, 0.25) is 10.0 Å². The van der Waals surface area contributed by atoms with E-state index in [0.29, 0.717) is 46.1 Å². The van der Waals surface area contributed by atoms with Crippen molar-refractivity contribution in [2.45, 2.75) is 13.2 Å². The minimum absolute atomic E-state index is 0.303. The number of carbonyl (C=O) groups is 1. The Hall–Kier alpha value is -4.00. The zero-order valence-electron chi connectivity index (χ0n) is 20.0. The van der Waals surface area contributed by atoms with Crippen LogP contribution in [0.1, 0.15) is 27.0 Å². The number of rotatable bonds is 10. The molecule has 0 heterocycles. The van der Waals surface area contributed by atoms with Crippen LogP contribution in [0, 0.1) is 0 Å². The average Bonchev–Trinajstić information content (AvgIpc) is 2.93. The third-order valence-corrected chi connectivity index (χ3v) is 5.82. The standard InChI is InChI=1S/C29H24Cl2N2O4/c1-35-28-16-22(10-15-27(28)37-19-21-8-13-24(31)14-9-21)17-32-33-29(34)25-4-2-3-5-26(25)36-18-20-6-11-23(30)12-7-20/h2-17H,18-19H2,1H3,(H,33,34)/b32-17+. The van der Waals surface area contributed by atoms with E-state index in [1.807, 2.05) is 42.5 Å². The van der Waals surface area contributed by atoms with E-state index in [1.54, 1.807) is 55.6 Å². The van der Waals surface area contributed by atoms with Crippen LogP contribution in [0.5, 0.6) is 17.2 Å². The van der Waals surface area contributed by atoms with E-state index in [4.69, 9.17) is 37.4 Å². The van der Waals surface area contributed by atoms with Crippen molar-refractivity contribution in [2.24, 2.45) is 5.10 Å². The van der Waals surface area contributed by atoms with Crippen LogP contribution < -0.4 is 19.6 Å². The molecule has 0 saturated carbocycles. The second kappa shape index (κ2) is 12.8. The lowest BCUT2D eigenvalue weighted by Crippen LogP contribution is -2.18. The normalized spacial score (nSPS) is 10.8. The number of halogens is 2. The second-order valence-electron chi connectivity index (χ2n) is 7.94. The van der Waals surface area contributed by atoms with Gasteiger partial charge in [-0.3, -0.25) is 4.79 Å². The quantitative estimate of drug-likeness (QED) is 0.177. The van der Waals surface area contributed by atoms with Crippen molar-refractivity contribution in [1.82, 2.24) is 5.43 Å². The molecule has 0 aliphatic heterocycles. The molecular weight excluding hydrogens is 511 g/mol. The number of carbonyl (C=O) groups excluding carboxylic acids is 1. The lowest BCUT2D eigenvalue weighted by Gasteiger charge is -2.11. The van der Waals surface area contributed by atoms with Crippen molar-refractivity contribution >= 4 is 35.3 Å². The molecule has 1 N–H and O–H groups in total. The average molecular weight is 535 g/mol. The first kappa shape index (κ1) is 26.1. The Kier molecular flexibility index (Phi) is 9.03. The number of para-hydroxylation sites is 1. The molecule has 0 spiro atoms. The molecule has 0 fully saturated rings. The summed E-state index contributed by atoms with van der Waals surface area (Å²) in [7, 11) is 1.56. The molecule has 1 amide bonds. The van der Waals surface area contributed by atoms with Crippen LogP contribution in [-0.4, -0.2) is 19.2 Å². The summed E-state index contributed by atoms with van der Waals surface area (Å²) in [5.41, 5.74) is 5.57. The van der Waals surface area contributed by atoms with Gasteiger partial charge in [0, 0.05) is 10.0 Å². The molecule has 0 saturated heterocycles. The maximum absolute atomic E-state index is 12.8. The Balaban J connectivity index is 1.36. The van der Waals surface area contributed by atoms with Crippen LogP contribution in [0.3, 0.4) is 0 Å². The Morgan fingerprint density at radius 3 is 2.00 bits per heavy atom. The maximum atomic E-state index is 12.8. The molecule has 8 heteroatoms. The molecule has 0 atom stereocenters. The molecule has 0 aromatic heterocycles. The van der Waals surface area contributed by atoms with Gasteiger partial charge in [-0.15, -0.1) is 0 Å². The van der Waals surface area contributed by atoms with Crippen LogP contribution >= 0.6 is 23.2 Å². The van der Waals surface area contributed by atoms with Gasteiger partial charge in [-0.05, 0) is 71.3 Å². The van der Waals surface area contributed by atoms with Crippen molar-refractivity contribution in [3.63, 3.8) is 0 Å². The lowest BCUT2D eigenvalue weighted by molar-refractivity contribution is 0.0950. The highest BCUT2D eigenvalue weighted by Gasteiger charge is 2.12. The van der Waals surface area contributed by atoms with Crippen LogP contribution in [0.25, 0.3) is 0 Å². The molecule has 4 aromatic rings. The molecule has 4 aromatic carbocycles.